The molecule has 1 aliphatic heterocycles. The number of unbranched alkanes of at least 4 members (excludes halogenated alkanes) is 9. The number of hydrogen-bond donors (Lipinski definition) is 1. The van der Waals surface area contributed by atoms with Gasteiger partial charge in [0, 0.05) is 12.8 Å². The minimum atomic E-state index is -0.591. The van der Waals surface area contributed by atoms with Crippen LogP contribution in [0.2, 0.25) is 0 Å². The number of nitrogens with two attached hydrogens (primary N) is 1. The number of rotatable bonds is 16. The number of hydroxylamine groups is 2. The number of carbonyl (C=O) groups is 3. The standard InChI is InChI=1S/C17H25NO4S.C7H17N/c1-3-5-7-8-10-12-23-14-13-15(19)18(17(14)21)22-16(20)11-9-6-4-2;1-2-3-4-5-6-7-8/h2,14H,3,5-13H2,1H3;2-8H2,1H3. The van der Waals surface area contributed by atoms with Crippen molar-refractivity contribution < 1.29 is 19.2 Å². The van der Waals surface area contributed by atoms with Gasteiger partial charge in [-0.3, -0.25) is 9.59 Å². The molecule has 0 bridgehead atoms. The fourth-order valence-electron chi connectivity index (χ4n) is 2.97. The smallest absolute Gasteiger partial charge is 0.330 e. The molecule has 1 heterocycles. The highest BCUT2D eigenvalue weighted by Gasteiger charge is 2.41. The molecule has 1 fully saturated rings. The monoisotopic (exact) mass is 454 g/mol. The maximum atomic E-state index is 12.1. The molecular formula is C24H42N2O4S. The molecule has 1 aliphatic rings. The summed E-state index contributed by atoms with van der Waals surface area (Å²) in [4.78, 5) is 40.4. The van der Waals surface area contributed by atoms with Gasteiger partial charge in [0.05, 0.1) is 11.7 Å². The molecule has 178 valence electrons. The number of nitrogens with zero attached hydrogens (tertiary/aromatic N) is 1. The van der Waals surface area contributed by atoms with Crippen molar-refractivity contribution in [3.63, 3.8) is 0 Å². The highest BCUT2D eigenvalue weighted by atomic mass is 32.2. The zero-order valence-electron chi connectivity index (χ0n) is 19.5. The molecule has 2 amide bonds. The summed E-state index contributed by atoms with van der Waals surface area (Å²) in [5.41, 5.74) is 5.31. The number of hydrogen-bond acceptors (Lipinski definition) is 6. The zero-order valence-corrected chi connectivity index (χ0v) is 20.4. The first kappa shape index (κ1) is 29.5. The Morgan fingerprint density at radius 3 is 2.26 bits per heavy atom. The summed E-state index contributed by atoms with van der Waals surface area (Å²) in [6.45, 7) is 5.26. The van der Waals surface area contributed by atoms with Gasteiger partial charge in [0.15, 0.2) is 0 Å². The third-order valence-corrected chi connectivity index (χ3v) is 6.13. The minimum absolute atomic E-state index is 0.107. The number of thioether (sulfide) groups is 1. The summed E-state index contributed by atoms with van der Waals surface area (Å²) < 4.78 is 0. The second-order valence-corrected chi connectivity index (χ2v) is 9.04. The van der Waals surface area contributed by atoms with Gasteiger partial charge in [-0.15, -0.1) is 29.2 Å². The molecule has 1 unspecified atom stereocenters. The summed E-state index contributed by atoms with van der Waals surface area (Å²) >= 11 is 1.48. The number of amides is 2. The van der Waals surface area contributed by atoms with Crippen LogP contribution in [0.25, 0.3) is 0 Å². The van der Waals surface area contributed by atoms with Crippen molar-refractivity contribution in [3.8, 4) is 12.3 Å². The second-order valence-electron chi connectivity index (χ2n) is 7.73. The van der Waals surface area contributed by atoms with Gasteiger partial charge >= 0.3 is 5.97 Å². The fraction of sp³-hybridized carbons (Fsp3) is 0.792. The first-order valence-electron chi connectivity index (χ1n) is 11.8. The van der Waals surface area contributed by atoms with E-state index in [9.17, 15) is 14.4 Å². The summed E-state index contributed by atoms with van der Waals surface area (Å²) in [5.74, 6) is 1.82. The first-order chi connectivity index (χ1) is 15.0. The molecule has 0 aromatic carbocycles. The lowest BCUT2D eigenvalue weighted by Gasteiger charge is -2.13. The maximum Gasteiger partial charge on any atom is 0.333 e. The van der Waals surface area contributed by atoms with Crippen LogP contribution in [0.15, 0.2) is 0 Å². The Kier molecular flexibility index (Phi) is 19.4. The minimum Gasteiger partial charge on any atom is -0.330 e. The van der Waals surface area contributed by atoms with Crippen molar-refractivity contribution in [1.82, 2.24) is 5.06 Å². The molecular weight excluding hydrogens is 412 g/mol. The van der Waals surface area contributed by atoms with Gasteiger partial charge in [0.2, 0.25) is 0 Å². The summed E-state index contributed by atoms with van der Waals surface area (Å²) in [5, 5.41) is 0.208. The molecule has 0 aromatic rings. The molecule has 7 heteroatoms. The van der Waals surface area contributed by atoms with Gasteiger partial charge in [-0.1, -0.05) is 65.2 Å². The summed E-state index contributed by atoms with van der Waals surface area (Å²) in [6.07, 6.45) is 18.7. The van der Waals surface area contributed by atoms with Crippen molar-refractivity contribution in [3.05, 3.63) is 0 Å². The molecule has 1 rings (SSSR count). The highest BCUT2D eigenvalue weighted by Crippen LogP contribution is 2.26. The SMILES string of the molecule is C#CCCCC(=O)ON1C(=O)CC(SCCCCCCC)C1=O.CCCCCCCN. The van der Waals surface area contributed by atoms with E-state index >= 15 is 0 Å². The molecule has 0 aliphatic carbocycles. The Bertz CT molecular complexity index is 542. The van der Waals surface area contributed by atoms with Crippen LogP contribution in [0, 0.1) is 12.3 Å². The third kappa shape index (κ3) is 15.0. The van der Waals surface area contributed by atoms with Gasteiger partial charge in [-0.05, 0) is 31.6 Å². The lowest BCUT2D eigenvalue weighted by atomic mass is 10.2. The lowest BCUT2D eigenvalue weighted by molar-refractivity contribution is -0.197. The Balaban J connectivity index is 0.000000954. The lowest BCUT2D eigenvalue weighted by Crippen LogP contribution is -2.34. The van der Waals surface area contributed by atoms with Crippen LogP contribution < -0.4 is 5.73 Å². The average molecular weight is 455 g/mol. The van der Waals surface area contributed by atoms with E-state index in [2.05, 4.69) is 19.8 Å². The summed E-state index contributed by atoms with van der Waals surface area (Å²) in [7, 11) is 0. The van der Waals surface area contributed by atoms with Crippen LogP contribution in [0.1, 0.15) is 104 Å². The van der Waals surface area contributed by atoms with E-state index in [4.69, 9.17) is 17.0 Å². The average Bonchev–Trinajstić information content (AvgIpc) is 3.02. The predicted molar refractivity (Wildman–Crippen MR) is 128 cm³/mol. The molecule has 1 atom stereocenters. The van der Waals surface area contributed by atoms with Gasteiger partial charge in [-0.2, -0.15) is 0 Å². The van der Waals surface area contributed by atoms with Gasteiger partial charge < -0.3 is 10.6 Å². The maximum absolute atomic E-state index is 12.1. The van der Waals surface area contributed by atoms with E-state index in [0.29, 0.717) is 17.9 Å². The Morgan fingerprint density at radius 2 is 1.68 bits per heavy atom. The van der Waals surface area contributed by atoms with Crippen LogP contribution in [0.3, 0.4) is 0 Å². The third-order valence-electron chi connectivity index (χ3n) is 4.83. The second kappa shape index (κ2) is 20.4. The number of carbonyl (C=O) groups excluding carboxylic acids is 3. The predicted octanol–water partition coefficient (Wildman–Crippen LogP) is 4.99. The zero-order chi connectivity index (χ0) is 23.3. The van der Waals surface area contributed by atoms with Crippen molar-refractivity contribution in [2.24, 2.45) is 5.73 Å². The van der Waals surface area contributed by atoms with Gasteiger partial charge in [0.25, 0.3) is 11.8 Å². The van der Waals surface area contributed by atoms with E-state index in [0.717, 1.165) is 25.1 Å². The van der Waals surface area contributed by atoms with E-state index < -0.39 is 23.0 Å². The molecule has 31 heavy (non-hydrogen) atoms. The number of imide groups is 1. The van der Waals surface area contributed by atoms with Crippen molar-refractivity contribution in [2.45, 2.75) is 109 Å². The van der Waals surface area contributed by atoms with Crippen molar-refractivity contribution in [2.75, 3.05) is 12.3 Å². The molecule has 6 nitrogen and oxygen atoms in total. The fourth-order valence-corrected chi connectivity index (χ4v) is 4.12. The van der Waals surface area contributed by atoms with Gasteiger partial charge in [0.1, 0.15) is 0 Å². The highest BCUT2D eigenvalue weighted by molar-refractivity contribution is 8.00. The molecule has 0 spiro atoms. The molecule has 0 aromatic heterocycles. The van der Waals surface area contributed by atoms with Crippen LogP contribution in [0.4, 0.5) is 0 Å². The molecule has 1 saturated heterocycles. The van der Waals surface area contributed by atoms with Crippen LogP contribution in [-0.4, -0.2) is 40.4 Å². The van der Waals surface area contributed by atoms with E-state index in [1.807, 2.05) is 0 Å². The van der Waals surface area contributed by atoms with Crippen LogP contribution in [-0.2, 0) is 19.2 Å². The Hall–Kier alpha value is -1.52. The normalized spacial score (nSPS) is 15.4. The van der Waals surface area contributed by atoms with E-state index in [1.165, 1.54) is 63.1 Å². The van der Waals surface area contributed by atoms with E-state index in [1.54, 1.807) is 0 Å². The van der Waals surface area contributed by atoms with E-state index in [-0.39, 0.29) is 12.8 Å². The summed E-state index contributed by atoms with van der Waals surface area (Å²) in [6, 6.07) is 0. The largest absolute Gasteiger partial charge is 0.333 e. The van der Waals surface area contributed by atoms with Crippen molar-refractivity contribution in [1.29, 1.82) is 0 Å². The topological polar surface area (TPSA) is 89.7 Å². The Labute approximate surface area is 193 Å². The number of terminal acetylenes is 1. The molecule has 0 radical (unpaired) electrons. The van der Waals surface area contributed by atoms with Crippen molar-refractivity contribution >= 4 is 29.5 Å². The van der Waals surface area contributed by atoms with Crippen LogP contribution in [0.5, 0.6) is 0 Å². The first-order valence-corrected chi connectivity index (χ1v) is 12.9. The van der Waals surface area contributed by atoms with Gasteiger partial charge in [-0.25, -0.2) is 4.79 Å². The molecule has 0 saturated carbocycles. The Morgan fingerprint density at radius 1 is 1.06 bits per heavy atom. The quantitative estimate of drug-likeness (QED) is 0.201. The molecule has 2 N–H and O–H groups in total. The van der Waals surface area contributed by atoms with Crippen LogP contribution >= 0.6 is 11.8 Å².